The second-order valence-corrected chi connectivity index (χ2v) is 6.82. The van der Waals surface area contributed by atoms with Crippen LogP contribution in [-0.2, 0) is 11.2 Å². The molecule has 7 heteroatoms. The smallest absolute Gasteiger partial charge is 0.324 e. The Morgan fingerprint density at radius 3 is 2.71 bits per heavy atom. The molecule has 1 aliphatic rings. The van der Waals surface area contributed by atoms with Crippen molar-refractivity contribution in [3.8, 4) is 0 Å². The maximum Gasteiger partial charge on any atom is 0.325 e. The van der Waals surface area contributed by atoms with Crippen LogP contribution < -0.4 is 5.32 Å². The molecule has 6 nitrogen and oxygen atoms in total. The van der Waals surface area contributed by atoms with E-state index in [-0.39, 0.29) is 11.9 Å². The summed E-state index contributed by atoms with van der Waals surface area (Å²) in [6.45, 7) is 5.71. The molecule has 0 saturated carbocycles. The minimum absolute atomic E-state index is 0.141. The summed E-state index contributed by atoms with van der Waals surface area (Å²) in [4.78, 5) is 31.5. The number of carbonyl (C=O) groups excluding carboxylic acids is 2. The fraction of sp³-hybridized carbons (Fsp3) is 0.643. The number of nitrogens with one attached hydrogen (secondary N) is 1. The molecule has 0 atom stereocenters. The number of likely N-dealkylation sites (N-methyl/N-ethyl adjacent to an activating group) is 1. The zero-order chi connectivity index (χ0) is 15.5. The van der Waals surface area contributed by atoms with Crippen LogP contribution in [0.1, 0.15) is 25.3 Å². The van der Waals surface area contributed by atoms with Crippen LogP contribution >= 0.6 is 11.3 Å². The topological polar surface area (TPSA) is 65.5 Å². The van der Waals surface area contributed by atoms with Gasteiger partial charge in [0.2, 0.25) is 0 Å². The van der Waals surface area contributed by atoms with Gasteiger partial charge in [-0.3, -0.25) is 9.69 Å². The molecule has 1 aromatic heterocycles. The molecule has 1 N–H and O–H groups in total. The molecule has 0 unspecified atom stereocenters. The van der Waals surface area contributed by atoms with Gasteiger partial charge in [-0.25, -0.2) is 9.78 Å². The van der Waals surface area contributed by atoms with E-state index in [9.17, 15) is 9.59 Å². The molecule has 0 spiro atoms. The number of imide groups is 1. The summed E-state index contributed by atoms with van der Waals surface area (Å²) in [7, 11) is 2.05. The maximum atomic E-state index is 12.0. The summed E-state index contributed by atoms with van der Waals surface area (Å²) in [5, 5.41) is 5.81. The first kappa shape index (κ1) is 15.9. The molecule has 1 aromatic rings. The third kappa shape index (κ3) is 4.01. The second kappa shape index (κ2) is 6.53. The van der Waals surface area contributed by atoms with Crippen LogP contribution in [0.4, 0.5) is 4.79 Å². The summed E-state index contributed by atoms with van der Waals surface area (Å²) in [6, 6.07) is -0.282. The Morgan fingerprint density at radius 2 is 2.14 bits per heavy atom. The van der Waals surface area contributed by atoms with Gasteiger partial charge in [0.05, 0.1) is 5.01 Å². The van der Waals surface area contributed by atoms with Crippen molar-refractivity contribution in [2.24, 2.45) is 0 Å². The fourth-order valence-corrected chi connectivity index (χ4v) is 2.90. The number of hydrogen-bond donors (Lipinski definition) is 1. The molecule has 2 heterocycles. The zero-order valence-corrected chi connectivity index (χ0v) is 13.6. The molecule has 0 aromatic carbocycles. The monoisotopic (exact) mass is 310 g/mol. The minimum Gasteiger partial charge on any atom is -0.324 e. The summed E-state index contributed by atoms with van der Waals surface area (Å²) < 4.78 is 0. The van der Waals surface area contributed by atoms with Crippen molar-refractivity contribution in [2.45, 2.75) is 32.2 Å². The third-order valence-corrected chi connectivity index (χ3v) is 4.40. The fourth-order valence-electron chi connectivity index (χ4n) is 2.29. The molecule has 0 aliphatic carbocycles. The van der Waals surface area contributed by atoms with E-state index in [1.54, 1.807) is 25.2 Å². The number of amides is 3. The third-order valence-electron chi connectivity index (χ3n) is 3.56. The summed E-state index contributed by atoms with van der Waals surface area (Å²) >= 11 is 1.67. The SMILES string of the molecule is CN(CCCN1C(=O)NC(C)(C)C1=O)CCc1nccs1. The van der Waals surface area contributed by atoms with Crippen molar-refractivity contribution >= 4 is 23.3 Å². The molecule has 1 saturated heterocycles. The van der Waals surface area contributed by atoms with Crippen molar-refractivity contribution in [1.29, 1.82) is 0 Å². The van der Waals surface area contributed by atoms with E-state index in [2.05, 4.69) is 15.2 Å². The Labute approximate surface area is 129 Å². The first-order valence-electron chi connectivity index (χ1n) is 7.11. The van der Waals surface area contributed by atoms with Crippen LogP contribution in [0.25, 0.3) is 0 Å². The van der Waals surface area contributed by atoms with Crippen molar-refractivity contribution in [2.75, 3.05) is 26.7 Å². The highest BCUT2D eigenvalue weighted by molar-refractivity contribution is 7.09. The Kier molecular flexibility index (Phi) is 4.95. The molecule has 0 radical (unpaired) electrons. The molecule has 1 aliphatic heterocycles. The van der Waals surface area contributed by atoms with Crippen LogP contribution in [-0.4, -0.2) is 58.9 Å². The molecule has 1 fully saturated rings. The van der Waals surface area contributed by atoms with E-state index in [0.29, 0.717) is 6.54 Å². The van der Waals surface area contributed by atoms with E-state index in [1.165, 1.54) is 4.90 Å². The van der Waals surface area contributed by atoms with E-state index < -0.39 is 5.54 Å². The van der Waals surface area contributed by atoms with E-state index >= 15 is 0 Å². The first-order chi connectivity index (χ1) is 9.90. The molecule has 0 bridgehead atoms. The van der Waals surface area contributed by atoms with Crippen LogP contribution in [0.3, 0.4) is 0 Å². The first-order valence-corrected chi connectivity index (χ1v) is 7.99. The zero-order valence-electron chi connectivity index (χ0n) is 12.8. The van der Waals surface area contributed by atoms with Crippen molar-refractivity contribution < 1.29 is 9.59 Å². The van der Waals surface area contributed by atoms with Crippen molar-refractivity contribution in [3.05, 3.63) is 16.6 Å². The van der Waals surface area contributed by atoms with Crippen molar-refractivity contribution in [1.82, 2.24) is 20.1 Å². The van der Waals surface area contributed by atoms with E-state index in [0.717, 1.165) is 30.9 Å². The van der Waals surface area contributed by atoms with Gasteiger partial charge in [-0.2, -0.15) is 0 Å². The Morgan fingerprint density at radius 1 is 1.38 bits per heavy atom. The van der Waals surface area contributed by atoms with Crippen molar-refractivity contribution in [3.63, 3.8) is 0 Å². The number of aromatic nitrogens is 1. The number of urea groups is 1. The van der Waals surface area contributed by atoms with E-state index in [4.69, 9.17) is 0 Å². The van der Waals surface area contributed by atoms with Crippen LogP contribution in [0, 0.1) is 0 Å². The quantitative estimate of drug-likeness (QED) is 0.772. The van der Waals surface area contributed by atoms with Gasteiger partial charge in [0.1, 0.15) is 5.54 Å². The largest absolute Gasteiger partial charge is 0.325 e. The van der Waals surface area contributed by atoms with Gasteiger partial charge in [0, 0.05) is 31.1 Å². The highest BCUT2D eigenvalue weighted by atomic mass is 32.1. The molecule has 21 heavy (non-hydrogen) atoms. The Hall–Kier alpha value is -1.47. The summed E-state index contributed by atoms with van der Waals surface area (Å²) in [5.41, 5.74) is -0.770. The van der Waals surface area contributed by atoms with E-state index in [1.807, 2.05) is 18.6 Å². The highest BCUT2D eigenvalue weighted by Crippen LogP contribution is 2.16. The minimum atomic E-state index is -0.770. The lowest BCUT2D eigenvalue weighted by molar-refractivity contribution is -0.130. The highest BCUT2D eigenvalue weighted by Gasteiger charge is 2.43. The number of rotatable bonds is 7. The maximum absolute atomic E-state index is 12.0. The number of thiazole rings is 1. The van der Waals surface area contributed by atoms with Gasteiger partial charge in [-0.1, -0.05) is 0 Å². The summed E-state index contributed by atoms with van der Waals surface area (Å²) in [6.07, 6.45) is 3.54. The average molecular weight is 310 g/mol. The van der Waals surface area contributed by atoms with Crippen LogP contribution in [0.2, 0.25) is 0 Å². The van der Waals surface area contributed by atoms with Gasteiger partial charge in [-0.15, -0.1) is 11.3 Å². The van der Waals surface area contributed by atoms with Crippen LogP contribution in [0.5, 0.6) is 0 Å². The second-order valence-electron chi connectivity index (χ2n) is 5.84. The molecule has 3 amide bonds. The van der Waals surface area contributed by atoms with Gasteiger partial charge in [-0.05, 0) is 33.9 Å². The lowest BCUT2D eigenvalue weighted by Crippen LogP contribution is -2.40. The number of hydrogen-bond acceptors (Lipinski definition) is 5. The molecular formula is C14H22N4O2S. The predicted octanol–water partition coefficient (Wildman–Crippen LogP) is 1.34. The number of carbonyl (C=O) groups is 2. The predicted molar refractivity (Wildman–Crippen MR) is 82.3 cm³/mol. The number of nitrogens with zero attached hydrogens (tertiary/aromatic N) is 3. The Bertz CT molecular complexity index is 501. The molecule has 116 valence electrons. The Balaban J connectivity index is 1.69. The standard InChI is InChI=1S/C14H22N4O2S/c1-14(2)12(19)18(13(20)16-14)8-4-7-17(3)9-5-11-15-6-10-21-11/h6,10H,4-5,7-9H2,1-3H3,(H,16,20). The molecular weight excluding hydrogens is 288 g/mol. The van der Waals surface area contributed by atoms with Gasteiger partial charge < -0.3 is 10.2 Å². The van der Waals surface area contributed by atoms with Gasteiger partial charge in [0.15, 0.2) is 0 Å². The summed E-state index contributed by atoms with van der Waals surface area (Å²) in [5.74, 6) is -0.141. The van der Waals surface area contributed by atoms with Gasteiger partial charge in [0.25, 0.3) is 5.91 Å². The van der Waals surface area contributed by atoms with Gasteiger partial charge >= 0.3 is 6.03 Å². The normalized spacial score (nSPS) is 17.6. The lowest BCUT2D eigenvalue weighted by Gasteiger charge is -2.19. The van der Waals surface area contributed by atoms with Crippen LogP contribution in [0.15, 0.2) is 11.6 Å². The lowest BCUT2D eigenvalue weighted by atomic mass is 10.1. The average Bonchev–Trinajstić information content (AvgIpc) is 2.98. The molecule has 2 rings (SSSR count).